The number of cyclic esters (lactones) is 1. The third kappa shape index (κ3) is 3.40. The van der Waals surface area contributed by atoms with E-state index < -0.39 is 23.5 Å². The lowest BCUT2D eigenvalue weighted by molar-refractivity contribution is -0.151. The van der Waals surface area contributed by atoms with Gasteiger partial charge in [-0.05, 0) is 31.2 Å². The molecule has 108 valence electrons. The third-order valence-electron chi connectivity index (χ3n) is 2.83. The van der Waals surface area contributed by atoms with Gasteiger partial charge in [-0.1, -0.05) is 29.3 Å². The van der Waals surface area contributed by atoms with Gasteiger partial charge in [0, 0.05) is 21.7 Å². The average Bonchev–Trinajstić information content (AvgIpc) is 2.36. The van der Waals surface area contributed by atoms with Gasteiger partial charge < -0.3 is 4.74 Å². The summed E-state index contributed by atoms with van der Waals surface area (Å²) in [4.78, 5) is 35.3. The van der Waals surface area contributed by atoms with Gasteiger partial charge in [0.1, 0.15) is 5.76 Å². The number of halogens is 2. The Bertz CT molecular complexity index is 669. The molecule has 1 aromatic carbocycles. The van der Waals surface area contributed by atoms with Gasteiger partial charge in [0.05, 0.1) is 0 Å². The lowest BCUT2D eigenvalue weighted by Gasteiger charge is -2.15. The molecule has 0 aliphatic carbocycles. The van der Waals surface area contributed by atoms with E-state index in [-0.39, 0.29) is 5.76 Å². The van der Waals surface area contributed by atoms with Crippen LogP contribution in [0, 0.1) is 5.92 Å². The maximum Gasteiger partial charge on any atom is 0.329 e. The molecule has 0 N–H and O–H groups in total. The quantitative estimate of drug-likeness (QED) is 0.486. The normalized spacial score (nSPS) is 18.6. The standard InChI is InChI=1S/C15H10Cl2O4/c1-8-7-13(19)14(15(20)21-8)12(18)6-5-9-10(16)3-2-4-11(9)17/h2-7,14H,1H3/b6-5+/t14-/m1/s1. The summed E-state index contributed by atoms with van der Waals surface area (Å²) in [6.45, 7) is 1.47. The van der Waals surface area contributed by atoms with Crippen LogP contribution in [0.2, 0.25) is 10.0 Å². The molecule has 0 amide bonds. The smallest absolute Gasteiger partial charge is 0.329 e. The Balaban J connectivity index is 2.24. The van der Waals surface area contributed by atoms with E-state index in [1.54, 1.807) is 18.2 Å². The molecule has 0 bridgehead atoms. The molecule has 2 rings (SSSR count). The van der Waals surface area contributed by atoms with Crippen molar-refractivity contribution >= 4 is 46.8 Å². The summed E-state index contributed by atoms with van der Waals surface area (Å²) in [7, 11) is 0. The summed E-state index contributed by atoms with van der Waals surface area (Å²) < 4.78 is 4.78. The van der Waals surface area contributed by atoms with Crippen molar-refractivity contribution in [2.45, 2.75) is 6.92 Å². The van der Waals surface area contributed by atoms with Crippen molar-refractivity contribution in [3.63, 3.8) is 0 Å². The second-order valence-corrected chi connectivity index (χ2v) is 5.20. The molecule has 0 aromatic heterocycles. The fraction of sp³-hybridized carbons (Fsp3) is 0.133. The zero-order valence-electron chi connectivity index (χ0n) is 10.9. The predicted molar refractivity (Wildman–Crippen MR) is 78.8 cm³/mol. The highest BCUT2D eigenvalue weighted by Gasteiger charge is 2.36. The molecular weight excluding hydrogens is 315 g/mol. The summed E-state index contributed by atoms with van der Waals surface area (Å²) in [6.07, 6.45) is 3.60. The maximum atomic E-state index is 12.0. The number of hydrogen-bond acceptors (Lipinski definition) is 4. The Labute approximate surface area is 131 Å². The topological polar surface area (TPSA) is 60.4 Å². The zero-order chi connectivity index (χ0) is 15.6. The van der Waals surface area contributed by atoms with Gasteiger partial charge in [0.15, 0.2) is 17.5 Å². The van der Waals surface area contributed by atoms with Crippen molar-refractivity contribution in [3.05, 3.63) is 51.7 Å². The van der Waals surface area contributed by atoms with Crippen molar-refractivity contribution in [3.8, 4) is 0 Å². The fourth-order valence-electron chi connectivity index (χ4n) is 1.83. The Morgan fingerprint density at radius 2 is 1.86 bits per heavy atom. The molecule has 0 saturated heterocycles. The van der Waals surface area contributed by atoms with Crippen LogP contribution in [-0.4, -0.2) is 17.5 Å². The molecule has 0 fully saturated rings. The Morgan fingerprint density at radius 1 is 1.24 bits per heavy atom. The summed E-state index contributed by atoms with van der Waals surface area (Å²) in [5.41, 5.74) is 0.442. The zero-order valence-corrected chi connectivity index (χ0v) is 12.4. The molecule has 1 heterocycles. The lowest BCUT2D eigenvalue weighted by Crippen LogP contribution is -2.34. The van der Waals surface area contributed by atoms with E-state index >= 15 is 0 Å². The molecule has 1 aliphatic rings. The molecule has 1 aromatic rings. The number of esters is 1. The average molecular weight is 325 g/mol. The molecule has 0 spiro atoms. The molecular formula is C15H10Cl2O4. The van der Waals surface area contributed by atoms with Crippen LogP contribution >= 0.6 is 23.2 Å². The molecule has 1 atom stereocenters. The predicted octanol–water partition coefficient (Wildman–Crippen LogP) is 3.22. The number of hydrogen-bond donors (Lipinski definition) is 0. The number of carbonyl (C=O) groups is 3. The van der Waals surface area contributed by atoms with Gasteiger partial charge in [-0.25, -0.2) is 0 Å². The number of ketones is 2. The van der Waals surface area contributed by atoms with Crippen LogP contribution in [0.3, 0.4) is 0 Å². The van der Waals surface area contributed by atoms with Gasteiger partial charge in [-0.2, -0.15) is 0 Å². The summed E-state index contributed by atoms with van der Waals surface area (Å²) >= 11 is 11.9. The van der Waals surface area contributed by atoms with Crippen molar-refractivity contribution in [1.29, 1.82) is 0 Å². The highest BCUT2D eigenvalue weighted by molar-refractivity contribution is 6.37. The van der Waals surface area contributed by atoms with E-state index in [0.29, 0.717) is 15.6 Å². The molecule has 6 heteroatoms. The monoisotopic (exact) mass is 324 g/mol. The van der Waals surface area contributed by atoms with Crippen LogP contribution in [0.25, 0.3) is 6.08 Å². The molecule has 0 saturated carbocycles. The van der Waals surface area contributed by atoms with Crippen molar-refractivity contribution < 1.29 is 19.1 Å². The van der Waals surface area contributed by atoms with Crippen LogP contribution in [0.15, 0.2) is 36.1 Å². The van der Waals surface area contributed by atoms with Gasteiger partial charge in [-0.15, -0.1) is 0 Å². The second-order valence-electron chi connectivity index (χ2n) is 4.38. The number of carbonyl (C=O) groups excluding carboxylic acids is 3. The molecule has 21 heavy (non-hydrogen) atoms. The summed E-state index contributed by atoms with van der Waals surface area (Å²) in [6, 6.07) is 4.90. The van der Waals surface area contributed by atoms with Crippen LogP contribution in [-0.2, 0) is 19.1 Å². The van der Waals surface area contributed by atoms with Crippen LogP contribution < -0.4 is 0 Å². The van der Waals surface area contributed by atoms with Gasteiger partial charge in [0.25, 0.3) is 0 Å². The van der Waals surface area contributed by atoms with E-state index in [0.717, 1.165) is 12.2 Å². The Morgan fingerprint density at radius 3 is 2.43 bits per heavy atom. The fourth-order valence-corrected chi connectivity index (χ4v) is 2.36. The van der Waals surface area contributed by atoms with E-state index in [4.69, 9.17) is 27.9 Å². The second kappa shape index (κ2) is 6.24. The minimum absolute atomic E-state index is 0.173. The third-order valence-corrected chi connectivity index (χ3v) is 3.48. The summed E-state index contributed by atoms with van der Waals surface area (Å²) in [5, 5.41) is 0.722. The van der Waals surface area contributed by atoms with Gasteiger partial charge in [-0.3, -0.25) is 14.4 Å². The maximum absolute atomic E-state index is 12.0. The van der Waals surface area contributed by atoms with E-state index in [1.807, 2.05) is 0 Å². The first-order chi connectivity index (χ1) is 9.90. The first kappa shape index (κ1) is 15.5. The first-order valence-corrected chi connectivity index (χ1v) is 6.75. The van der Waals surface area contributed by atoms with Gasteiger partial charge in [0.2, 0.25) is 0 Å². The van der Waals surface area contributed by atoms with E-state index in [1.165, 1.54) is 13.0 Å². The highest BCUT2D eigenvalue weighted by Crippen LogP contribution is 2.26. The largest absolute Gasteiger partial charge is 0.430 e. The minimum atomic E-state index is -1.47. The first-order valence-electron chi connectivity index (χ1n) is 6.00. The lowest BCUT2D eigenvalue weighted by atomic mass is 9.96. The van der Waals surface area contributed by atoms with Crippen molar-refractivity contribution in [2.75, 3.05) is 0 Å². The van der Waals surface area contributed by atoms with Gasteiger partial charge >= 0.3 is 5.97 Å². The summed E-state index contributed by atoms with van der Waals surface area (Å²) in [5.74, 6) is -3.44. The molecule has 1 aliphatic heterocycles. The van der Waals surface area contributed by atoms with Crippen LogP contribution in [0.1, 0.15) is 12.5 Å². The Kier molecular flexibility index (Phi) is 4.60. The number of allylic oxidation sites excluding steroid dienone is 3. The highest BCUT2D eigenvalue weighted by atomic mass is 35.5. The SMILES string of the molecule is CC1=CC(=O)[C@@H](C(=O)/C=C/c2c(Cl)cccc2Cl)C(=O)O1. The van der Waals surface area contributed by atoms with Crippen LogP contribution in [0.5, 0.6) is 0 Å². The minimum Gasteiger partial charge on any atom is -0.430 e. The van der Waals surface area contributed by atoms with Crippen molar-refractivity contribution in [2.24, 2.45) is 5.92 Å². The number of rotatable bonds is 3. The molecule has 4 nitrogen and oxygen atoms in total. The molecule has 0 unspecified atom stereocenters. The van der Waals surface area contributed by atoms with E-state index in [9.17, 15) is 14.4 Å². The number of ether oxygens (including phenoxy) is 1. The van der Waals surface area contributed by atoms with Crippen molar-refractivity contribution in [1.82, 2.24) is 0 Å². The number of benzene rings is 1. The van der Waals surface area contributed by atoms with E-state index in [2.05, 4.69) is 0 Å². The van der Waals surface area contributed by atoms with Crippen LogP contribution in [0.4, 0.5) is 0 Å². The molecule has 0 radical (unpaired) electrons. The Hall–Kier alpha value is -1.91.